The van der Waals surface area contributed by atoms with E-state index in [1.54, 1.807) is 7.11 Å². The van der Waals surface area contributed by atoms with Crippen molar-refractivity contribution in [2.75, 3.05) is 7.11 Å². The highest BCUT2D eigenvalue weighted by Gasteiger charge is 2.10. The van der Waals surface area contributed by atoms with E-state index in [2.05, 4.69) is 54.6 Å². The third-order valence-electron chi connectivity index (χ3n) is 4.63. The molecule has 0 saturated heterocycles. The van der Waals surface area contributed by atoms with Crippen LogP contribution in [0.15, 0.2) is 84.9 Å². The van der Waals surface area contributed by atoms with Gasteiger partial charge in [0, 0.05) is 0 Å². The summed E-state index contributed by atoms with van der Waals surface area (Å²) in [7, 11) is 1.68. The lowest BCUT2D eigenvalue weighted by atomic mass is 9.91. The van der Waals surface area contributed by atoms with E-state index in [9.17, 15) is 0 Å². The third kappa shape index (κ3) is 2.81. The van der Waals surface area contributed by atoms with E-state index >= 15 is 0 Å². The first kappa shape index (κ1) is 15.9. The van der Waals surface area contributed by atoms with Gasteiger partial charge in [0.15, 0.2) is 0 Å². The molecule has 4 aromatic carbocycles. The van der Waals surface area contributed by atoms with Crippen LogP contribution in [0.1, 0.15) is 5.56 Å². The highest BCUT2D eigenvalue weighted by molar-refractivity contribution is 6.06. The lowest BCUT2D eigenvalue weighted by Crippen LogP contribution is -1.87. The number of hydrogen-bond acceptors (Lipinski definition) is 2. The summed E-state index contributed by atoms with van der Waals surface area (Å²) in [6, 6.07) is 30.8. The minimum atomic E-state index is 0.671. The number of hydrogen-bond donors (Lipinski definition) is 0. The highest BCUT2D eigenvalue weighted by Crippen LogP contribution is 2.36. The lowest BCUT2D eigenvalue weighted by molar-refractivity contribution is 0.415. The minimum Gasteiger partial charge on any atom is -0.497 e. The predicted molar refractivity (Wildman–Crippen MR) is 106 cm³/mol. The van der Waals surface area contributed by atoms with Gasteiger partial charge in [0.25, 0.3) is 0 Å². The van der Waals surface area contributed by atoms with Crippen LogP contribution in [0, 0.1) is 11.3 Å². The van der Waals surface area contributed by atoms with Gasteiger partial charge in [-0.15, -0.1) is 0 Å². The fraction of sp³-hybridized carbons (Fsp3) is 0.0417. The highest BCUT2D eigenvalue weighted by atomic mass is 16.5. The number of benzene rings is 4. The van der Waals surface area contributed by atoms with Crippen LogP contribution in [-0.4, -0.2) is 7.11 Å². The van der Waals surface area contributed by atoms with Gasteiger partial charge in [-0.05, 0) is 57.3 Å². The van der Waals surface area contributed by atoms with E-state index in [4.69, 9.17) is 10.00 Å². The van der Waals surface area contributed by atoms with Crippen molar-refractivity contribution in [3.8, 4) is 34.1 Å². The second kappa shape index (κ2) is 6.74. The second-order valence-electron chi connectivity index (χ2n) is 6.13. The summed E-state index contributed by atoms with van der Waals surface area (Å²) in [5.74, 6) is 0.848. The molecule has 4 rings (SSSR count). The van der Waals surface area contributed by atoms with Gasteiger partial charge in [0.2, 0.25) is 0 Å². The summed E-state index contributed by atoms with van der Waals surface area (Å²) in [5, 5.41) is 11.5. The van der Waals surface area contributed by atoms with Gasteiger partial charge < -0.3 is 4.74 Å². The fourth-order valence-corrected chi connectivity index (χ4v) is 3.32. The van der Waals surface area contributed by atoms with E-state index in [-0.39, 0.29) is 0 Å². The second-order valence-corrected chi connectivity index (χ2v) is 6.13. The molecular formula is C24H17NO. The molecule has 0 bridgehead atoms. The molecule has 0 atom stereocenters. The largest absolute Gasteiger partial charge is 0.497 e. The predicted octanol–water partition coefficient (Wildman–Crippen LogP) is 6.05. The number of fused-ring (bicyclic) bond motifs is 1. The van der Waals surface area contributed by atoms with Crippen LogP contribution >= 0.6 is 0 Å². The van der Waals surface area contributed by atoms with Crippen LogP contribution in [0.5, 0.6) is 5.75 Å². The Hall–Kier alpha value is -3.57. The topological polar surface area (TPSA) is 33.0 Å². The van der Waals surface area contributed by atoms with Crippen LogP contribution in [0.25, 0.3) is 33.0 Å². The molecule has 0 heterocycles. The molecular weight excluding hydrogens is 318 g/mol. The fourth-order valence-electron chi connectivity index (χ4n) is 3.32. The molecule has 0 unspecified atom stereocenters. The van der Waals surface area contributed by atoms with Crippen molar-refractivity contribution in [2.45, 2.75) is 0 Å². The Balaban J connectivity index is 1.95. The zero-order chi connectivity index (χ0) is 17.9. The summed E-state index contributed by atoms with van der Waals surface area (Å²) in [4.78, 5) is 0. The standard InChI is InChI=1S/C24H17NO/c1-26-21-14-12-19(13-15-21)23-7-3-5-20-4-2-6-22(24(20)23)18-10-8-17(16-25)9-11-18/h2-15H,1H3. The SMILES string of the molecule is COc1ccc(-c2cccc3cccc(-c4ccc(C#N)cc4)c23)cc1. The quantitative estimate of drug-likeness (QED) is 0.456. The van der Waals surface area contributed by atoms with E-state index in [0.717, 1.165) is 16.9 Å². The molecule has 2 nitrogen and oxygen atoms in total. The zero-order valence-electron chi connectivity index (χ0n) is 14.4. The third-order valence-corrected chi connectivity index (χ3v) is 4.63. The molecule has 0 fully saturated rings. The van der Waals surface area contributed by atoms with E-state index in [1.165, 1.54) is 21.9 Å². The van der Waals surface area contributed by atoms with Crippen molar-refractivity contribution in [3.63, 3.8) is 0 Å². The molecule has 0 saturated carbocycles. The van der Waals surface area contributed by atoms with Gasteiger partial charge in [0.05, 0.1) is 18.7 Å². The molecule has 0 N–H and O–H groups in total. The Kier molecular flexibility index (Phi) is 4.13. The Morgan fingerprint density at radius 1 is 0.692 bits per heavy atom. The maximum atomic E-state index is 9.05. The van der Waals surface area contributed by atoms with Crippen LogP contribution < -0.4 is 4.74 Å². The average Bonchev–Trinajstić information content (AvgIpc) is 2.73. The smallest absolute Gasteiger partial charge is 0.118 e. The first-order valence-corrected chi connectivity index (χ1v) is 8.47. The van der Waals surface area contributed by atoms with Crippen molar-refractivity contribution in [2.24, 2.45) is 0 Å². The van der Waals surface area contributed by atoms with Crippen molar-refractivity contribution < 1.29 is 4.74 Å². The molecule has 0 aromatic heterocycles. The molecule has 0 aliphatic carbocycles. The van der Waals surface area contributed by atoms with Crippen LogP contribution in [0.2, 0.25) is 0 Å². The molecule has 4 aromatic rings. The number of methoxy groups -OCH3 is 1. The normalized spacial score (nSPS) is 10.5. The molecule has 0 aliphatic rings. The van der Waals surface area contributed by atoms with Crippen molar-refractivity contribution in [1.29, 1.82) is 5.26 Å². The van der Waals surface area contributed by atoms with Crippen molar-refractivity contribution in [3.05, 3.63) is 90.5 Å². The molecule has 124 valence electrons. The maximum Gasteiger partial charge on any atom is 0.118 e. The Morgan fingerprint density at radius 2 is 1.23 bits per heavy atom. The number of nitriles is 1. The van der Waals surface area contributed by atoms with Gasteiger partial charge in [0.1, 0.15) is 5.75 Å². The summed E-state index contributed by atoms with van der Waals surface area (Å²) in [6.07, 6.45) is 0. The van der Waals surface area contributed by atoms with Crippen molar-refractivity contribution in [1.82, 2.24) is 0 Å². The van der Waals surface area contributed by atoms with Gasteiger partial charge >= 0.3 is 0 Å². The first-order valence-electron chi connectivity index (χ1n) is 8.47. The molecule has 0 aliphatic heterocycles. The molecule has 2 heteroatoms. The lowest BCUT2D eigenvalue weighted by Gasteiger charge is -2.13. The molecule has 0 amide bonds. The average molecular weight is 335 g/mol. The summed E-state index contributed by atoms with van der Waals surface area (Å²) < 4.78 is 5.28. The Morgan fingerprint density at radius 3 is 1.73 bits per heavy atom. The van der Waals surface area contributed by atoms with Crippen LogP contribution in [0.3, 0.4) is 0 Å². The van der Waals surface area contributed by atoms with Crippen LogP contribution in [0.4, 0.5) is 0 Å². The van der Waals surface area contributed by atoms with E-state index in [1.807, 2.05) is 36.4 Å². The van der Waals surface area contributed by atoms with Crippen molar-refractivity contribution >= 4 is 10.8 Å². The van der Waals surface area contributed by atoms with Gasteiger partial charge in [-0.3, -0.25) is 0 Å². The number of rotatable bonds is 3. The van der Waals surface area contributed by atoms with Gasteiger partial charge in [-0.25, -0.2) is 0 Å². The first-order chi connectivity index (χ1) is 12.8. The van der Waals surface area contributed by atoms with Gasteiger partial charge in [-0.2, -0.15) is 5.26 Å². The van der Waals surface area contributed by atoms with E-state index < -0.39 is 0 Å². The summed E-state index contributed by atoms with van der Waals surface area (Å²) in [6.45, 7) is 0. The van der Waals surface area contributed by atoms with Crippen LogP contribution in [-0.2, 0) is 0 Å². The zero-order valence-corrected chi connectivity index (χ0v) is 14.4. The number of ether oxygens (including phenoxy) is 1. The molecule has 0 radical (unpaired) electrons. The Bertz CT molecular complexity index is 1100. The monoisotopic (exact) mass is 335 g/mol. The number of nitrogens with zero attached hydrogens (tertiary/aromatic N) is 1. The molecule has 26 heavy (non-hydrogen) atoms. The molecule has 0 spiro atoms. The Labute approximate surface area is 152 Å². The summed E-state index contributed by atoms with van der Waals surface area (Å²) in [5.41, 5.74) is 5.28. The maximum absolute atomic E-state index is 9.05. The minimum absolute atomic E-state index is 0.671. The van der Waals surface area contributed by atoms with Gasteiger partial charge in [-0.1, -0.05) is 60.7 Å². The summed E-state index contributed by atoms with van der Waals surface area (Å²) >= 11 is 0. The van der Waals surface area contributed by atoms with E-state index in [0.29, 0.717) is 5.56 Å².